The van der Waals surface area contributed by atoms with Gasteiger partial charge in [-0.05, 0) is 40.0 Å². The lowest BCUT2D eigenvalue weighted by Gasteiger charge is -2.16. The molecule has 0 aliphatic carbocycles. The number of rotatable bonds is 7. The maximum atomic E-state index is 9.13. The summed E-state index contributed by atoms with van der Waals surface area (Å²) in [5.74, 6) is 1.39. The van der Waals surface area contributed by atoms with Crippen molar-refractivity contribution in [1.82, 2.24) is 5.32 Å². The van der Waals surface area contributed by atoms with E-state index in [0.29, 0.717) is 18.0 Å². The maximum Gasteiger partial charge on any atom is 0.174 e. The molecule has 1 aromatic rings. The third-order valence-corrected chi connectivity index (χ3v) is 3.39. The number of ether oxygens (including phenoxy) is 2. The molecule has 0 aliphatic rings. The molecule has 0 aliphatic heterocycles. The van der Waals surface area contributed by atoms with Crippen molar-refractivity contribution in [1.29, 1.82) is 0 Å². The summed E-state index contributed by atoms with van der Waals surface area (Å²) in [6.45, 7) is 2.86. The van der Waals surface area contributed by atoms with Gasteiger partial charge in [0.1, 0.15) is 0 Å². The largest absolute Gasteiger partial charge is 0.493 e. The third kappa shape index (κ3) is 3.86. The zero-order valence-corrected chi connectivity index (χ0v) is 12.6. The second-order valence-corrected chi connectivity index (χ2v) is 4.84. The average Bonchev–Trinajstić information content (AvgIpc) is 2.39. The fourth-order valence-corrected chi connectivity index (χ4v) is 2.32. The average molecular weight is 318 g/mol. The number of nitrogens with one attached hydrogen (secondary N) is 1. The number of hydrogen-bond donors (Lipinski definition) is 2. The van der Waals surface area contributed by atoms with E-state index in [-0.39, 0.29) is 12.6 Å². The van der Waals surface area contributed by atoms with E-state index in [1.165, 1.54) is 0 Å². The summed E-state index contributed by atoms with van der Waals surface area (Å²) in [5.41, 5.74) is 1.08. The molecule has 0 amide bonds. The fourth-order valence-electron chi connectivity index (χ4n) is 1.67. The highest BCUT2D eigenvalue weighted by molar-refractivity contribution is 9.10. The molecule has 1 rings (SSSR count). The van der Waals surface area contributed by atoms with Gasteiger partial charge in [0.2, 0.25) is 0 Å². The van der Waals surface area contributed by atoms with Crippen molar-refractivity contribution in [2.24, 2.45) is 0 Å². The van der Waals surface area contributed by atoms with Crippen molar-refractivity contribution in [3.63, 3.8) is 0 Å². The number of aliphatic hydroxyl groups excluding tert-OH is 1. The topological polar surface area (TPSA) is 50.7 Å². The van der Waals surface area contributed by atoms with Crippen LogP contribution in [0, 0.1) is 0 Å². The molecular formula is C13H20BrNO3. The Morgan fingerprint density at radius 3 is 2.56 bits per heavy atom. The Balaban J connectivity index is 2.81. The molecule has 0 heterocycles. The maximum absolute atomic E-state index is 9.13. The van der Waals surface area contributed by atoms with E-state index in [4.69, 9.17) is 14.6 Å². The van der Waals surface area contributed by atoms with Gasteiger partial charge in [-0.3, -0.25) is 0 Å². The van der Waals surface area contributed by atoms with Gasteiger partial charge in [-0.2, -0.15) is 0 Å². The summed E-state index contributed by atoms with van der Waals surface area (Å²) in [6, 6.07) is 4.04. The molecule has 102 valence electrons. The predicted molar refractivity (Wildman–Crippen MR) is 75.3 cm³/mol. The summed E-state index contributed by atoms with van der Waals surface area (Å²) < 4.78 is 11.4. The highest BCUT2D eigenvalue weighted by atomic mass is 79.9. The van der Waals surface area contributed by atoms with Gasteiger partial charge >= 0.3 is 0 Å². The Bertz CT molecular complexity index is 381. The van der Waals surface area contributed by atoms with Crippen molar-refractivity contribution >= 4 is 15.9 Å². The Kier molecular flexibility index (Phi) is 6.46. The Morgan fingerprint density at radius 2 is 2.06 bits per heavy atom. The number of benzene rings is 1. The van der Waals surface area contributed by atoms with Crippen LogP contribution in [0.3, 0.4) is 0 Å². The minimum atomic E-state index is 0.122. The minimum absolute atomic E-state index is 0.122. The molecule has 0 unspecified atom stereocenters. The monoisotopic (exact) mass is 317 g/mol. The lowest BCUT2D eigenvalue weighted by atomic mass is 10.1. The van der Waals surface area contributed by atoms with E-state index < -0.39 is 0 Å². The zero-order chi connectivity index (χ0) is 13.5. The zero-order valence-electron chi connectivity index (χ0n) is 11.0. The highest BCUT2D eigenvalue weighted by Crippen LogP contribution is 2.36. The van der Waals surface area contributed by atoms with Crippen LogP contribution in [0.4, 0.5) is 0 Å². The highest BCUT2D eigenvalue weighted by Gasteiger charge is 2.11. The van der Waals surface area contributed by atoms with E-state index in [1.807, 2.05) is 19.1 Å². The van der Waals surface area contributed by atoms with Crippen molar-refractivity contribution < 1.29 is 14.6 Å². The molecule has 4 nitrogen and oxygen atoms in total. The molecular weight excluding hydrogens is 298 g/mol. The minimum Gasteiger partial charge on any atom is -0.493 e. The van der Waals surface area contributed by atoms with Crippen LogP contribution in [0.1, 0.15) is 18.9 Å². The summed E-state index contributed by atoms with van der Waals surface area (Å²) in [7, 11) is 3.23. The number of aliphatic hydroxyl groups is 1. The van der Waals surface area contributed by atoms with Gasteiger partial charge in [-0.25, -0.2) is 0 Å². The van der Waals surface area contributed by atoms with Crippen LogP contribution in [0.25, 0.3) is 0 Å². The third-order valence-electron chi connectivity index (χ3n) is 2.80. The van der Waals surface area contributed by atoms with Gasteiger partial charge in [0.15, 0.2) is 11.5 Å². The first-order chi connectivity index (χ1) is 8.65. The quantitative estimate of drug-likeness (QED) is 0.810. The Hall–Kier alpha value is -0.780. The molecule has 0 spiro atoms. The molecule has 5 heteroatoms. The van der Waals surface area contributed by atoms with Gasteiger partial charge in [0.25, 0.3) is 0 Å². The standard InChI is InChI=1S/C13H20BrNO3/c1-4-10(8-16)15-7-9-5-11(14)13(18-3)12(6-9)17-2/h5-6,10,15-16H,4,7-8H2,1-3H3/t10-/m1/s1. The van der Waals surface area contributed by atoms with Crippen molar-refractivity contribution in [2.75, 3.05) is 20.8 Å². The first-order valence-electron chi connectivity index (χ1n) is 5.90. The van der Waals surface area contributed by atoms with Gasteiger partial charge in [-0.15, -0.1) is 0 Å². The van der Waals surface area contributed by atoms with Crippen LogP contribution in [0.5, 0.6) is 11.5 Å². The smallest absolute Gasteiger partial charge is 0.174 e. The first kappa shape index (κ1) is 15.3. The summed E-state index contributed by atoms with van der Waals surface area (Å²) in [4.78, 5) is 0. The molecule has 0 aromatic heterocycles. The van der Waals surface area contributed by atoms with E-state index >= 15 is 0 Å². The van der Waals surface area contributed by atoms with Crippen molar-refractivity contribution in [3.8, 4) is 11.5 Å². The normalized spacial score (nSPS) is 12.3. The van der Waals surface area contributed by atoms with Gasteiger partial charge in [-0.1, -0.05) is 6.92 Å². The van der Waals surface area contributed by atoms with Crippen molar-refractivity contribution in [2.45, 2.75) is 25.9 Å². The fraction of sp³-hybridized carbons (Fsp3) is 0.538. The van der Waals surface area contributed by atoms with E-state index in [0.717, 1.165) is 16.5 Å². The molecule has 0 bridgehead atoms. The summed E-state index contributed by atoms with van der Waals surface area (Å²) >= 11 is 3.46. The Labute approximate surface area is 116 Å². The molecule has 18 heavy (non-hydrogen) atoms. The summed E-state index contributed by atoms with van der Waals surface area (Å²) in [5, 5.41) is 12.4. The van der Waals surface area contributed by atoms with Crippen LogP contribution >= 0.6 is 15.9 Å². The number of halogens is 1. The number of hydrogen-bond acceptors (Lipinski definition) is 4. The van der Waals surface area contributed by atoms with E-state index in [2.05, 4.69) is 21.2 Å². The second-order valence-electron chi connectivity index (χ2n) is 3.98. The first-order valence-corrected chi connectivity index (χ1v) is 6.70. The molecule has 1 aromatic carbocycles. The lowest BCUT2D eigenvalue weighted by Crippen LogP contribution is -2.31. The Morgan fingerprint density at radius 1 is 1.33 bits per heavy atom. The molecule has 0 fully saturated rings. The number of methoxy groups -OCH3 is 2. The van der Waals surface area contributed by atoms with Crippen LogP contribution in [-0.2, 0) is 6.54 Å². The molecule has 0 radical (unpaired) electrons. The van der Waals surface area contributed by atoms with Crippen LogP contribution in [-0.4, -0.2) is 32.0 Å². The van der Waals surface area contributed by atoms with Crippen LogP contribution in [0.15, 0.2) is 16.6 Å². The van der Waals surface area contributed by atoms with Gasteiger partial charge in [0.05, 0.1) is 25.3 Å². The van der Waals surface area contributed by atoms with Crippen LogP contribution < -0.4 is 14.8 Å². The lowest BCUT2D eigenvalue weighted by molar-refractivity contribution is 0.238. The van der Waals surface area contributed by atoms with Gasteiger partial charge in [0, 0.05) is 12.6 Å². The second kappa shape index (κ2) is 7.61. The van der Waals surface area contributed by atoms with E-state index in [1.54, 1.807) is 14.2 Å². The van der Waals surface area contributed by atoms with E-state index in [9.17, 15) is 0 Å². The van der Waals surface area contributed by atoms with Crippen LogP contribution in [0.2, 0.25) is 0 Å². The predicted octanol–water partition coefficient (Wildman–Crippen LogP) is 2.33. The van der Waals surface area contributed by atoms with Crippen molar-refractivity contribution in [3.05, 3.63) is 22.2 Å². The molecule has 2 N–H and O–H groups in total. The summed E-state index contributed by atoms with van der Waals surface area (Å²) in [6.07, 6.45) is 0.894. The molecule has 1 atom stereocenters. The SMILES string of the molecule is CC[C@H](CO)NCc1cc(Br)c(OC)c(OC)c1. The molecule has 0 saturated heterocycles. The van der Waals surface area contributed by atoms with Gasteiger partial charge < -0.3 is 19.9 Å². The molecule has 0 saturated carbocycles.